The normalized spacial score (nSPS) is 17.4. The van der Waals surface area contributed by atoms with Gasteiger partial charge in [0.1, 0.15) is 6.04 Å². The van der Waals surface area contributed by atoms with Gasteiger partial charge in [-0.15, -0.1) is 0 Å². The fourth-order valence-corrected chi connectivity index (χ4v) is 2.71. The first kappa shape index (κ1) is 13.4. The van der Waals surface area contributed by atoms with Crippen molar-refractivity contribution >= 4 is 11.8 Å². The third-order valence-electron chi connectivity index (χ3n) is 3.90. The molecular formula is C15H16N4O2. The third kappa shape index (κ3) is 2.29. The maximum atomic E-state index is 12.7. The number of nitrogens with one attached hydrogen (secondary N) is 1. The second-order valence-corrected chi connectivity index (χ2v) is 5.23. The predicted octanol–water partition coefficient (Wildman–Crippen LogP) is 0.771. The van der Waals surface area contributed by atoms with Gasteiger partial charge in [-0.1, -0.05) is 24.3 Å². The van der Waals surface area contributed by atoms with Gasteiger partial charge in [-0.3, -0.25) is 14.7 Å². The molecule has 2 amide bonds. The van der Waals surface area contributed by atoms with E-state index in [0.29, 0.717) is 24.2 Å². The Morgan fingerprint density at radius 3 is 2.67 bits per heavy atom. The Kier molecular flexibility index (Phi) is 3.21. The number of nitrogens with zero attached hydrogens (tertiary/aromatic N) is 2. The Morgan fingerprint density at radius 1 is 1.33 bits per heavy atom. The summed E-state index contributed by atoms with van der Waals surface area (Å²) in [5.41, 5.74) is 8.75. The number of H-pyrrole nitrogens is 1. The second-order valence-electron chi connectivity index (χ2n) is 5.23. The van der Waals surface area contributed by atoms with Gasteiger partial charge in [0.25, 0.3) is 5.91 Å². The van der Waals surface area contributed by atoms with E-state index in [1.807, 2.05) is 24.3 Å². The average Bonchev–Trinajstić information content (AvgIpc) is 2.91. The van der Waals surface area contributed by atoms with E-state index >= 15 is 0 Å². The molecular weight excluding hydrogens is 268 g/mol. The summed E-state index contributed by atoms with van der Waals surface area (Å²) in [6.07, 6.45) is 1.93. The highest BCUT2D eigenvalue weighted by Gasteiger charge is 2.34. The molecule has 21 heavy (non-hydrogen) atoms. The van der Waals surface area contributed by atoms with E-state index in [1.54, 1.807) is 6.92 Å². The lowest BCUT2D eigenvalue weighted by molar-refractivity contribution is -0.122. The van der Waals surface area contributed by atoms with Gasteiger partial charge in [-0.25, -0.2) is 0 Å². The van der Waals surface area contributed by atoms with Crippen LogP contribution >= 0.6 is 0 Å². The molecule has 0 radical (unpaired) electrons. The quantitative estimate of drug-likeness (QED) is 0.853. The van der Waals surface area contributed by atoms with E-state index in [1.165, 1.54) is 11.1 Å². The zero-order valence-electron chi connectivity index (χ0n) is 11.7. The second kappa shape index (κ2) is 5.05. The van der Waals surface area contributed by atoms with Crippen LogP contribution in [0.2, 0.25) is 0 Å². The van der Waals surface area contributed by atoms with Crippen molar-refractivity contribution in [3.63, 3.8) is 0 Å². The number of carbonyl (C=O) groups excluding carboxylic acids is 2. The maximum absolute atomic E-state index is 12.7. The number of aromatic amines is 1. The molecule has 3 N–H and O–H groups in total. The lowest BCUT2D eigenvalue weighted by Crippen LogP contribution is -2.51. The van der Waals surface area contributed by atoms with E-state index in [4.69, 9.17) is 5.73 Å². The van der Waals surface area contributed by atoms with Crippen LogP contribution in [-0.2, 0) is 17.8 Å². The summed E-state index contributed by atoms with van der Waals surface area (Å²) < 4.78 is 0. The van der Waals surface area contributed by atoms with Gasteiger partial charge < -0.3 is 10.6 Å². The van der Waals surface area contributed by atoms with Crippen LogP contribution < -0.4 is 5.73 Å². The summed E-state index contributed by atoms with van der Waals surface area (Å²) in [4.78, 5) is 25.9. The third-order valence-corrected chi connectivity index (χ3v) is 3.90. The summed E-state index contributed by atoms with van der Waals surface area (Å²) in [5.74, 6) is -0.710. The number of aromatic nitrogens is 2. The molecule has 0 spiro atoms. The summed E-state index contributed by atoms with van der Waals surface area (Å²) in [7, 11) is 0. The highest BCUT2D eigenvalue weighted by atomic mass is 16.2. The molecule has 2 aromatic rings. The van der Waals surface area contributed by atoms with Crippen LogP contribution in [0.1, 0.15) is 27.2 Å². The van der Waals surface area contributed by atoms with Gasteiger partial charge in [0, 0.05) is 18.7 Å². The van der Waals surface area contributed by atoms with Crippen molar-refractivity contribution in [1.29, 1.82) is 0 Å². The smallest absolute Gasteiger partial charge is 0.258 e. The van der Waals surface area contributed by atoms with E-state index < -0.39 is 11.9 Å². The summed E-state index contributed by atoms with van der Waals surface area (Å²) >= 11 is 0. The fraction of sp³-hybridized carbons (Fsp3) is 0.267. The Morgan fingerprint density at radius 2 is 2.05 bits per heavy atom. The number of nitrogens with two attached hydrogens (primary N) is 1. The molecule has 0 unspecified atom stereocenters. The number of carbonyl (C=O) groups is 2. The van der Waals surface area contributed by atoms with Crippen molar-refractivity contribution in [1.82, 2.24) is 15.1 Å². The monoisotopic (exact) mass is 284 g/mol. The predicted molar refractivity (Wildman–Crippen MR) is 76.3 cm³/mol. The first-order valence-corrected chi connectivity index (χ1v) is 6.75. The Hall–Kier alpha value is -2.63. The van der Waals surface area contributed by atoms with Gasteiger partial charge in [-0.2, -0.15) is 5.10 Å². The van der Waals surface area contributed by atoms with Crippen LogP contribution in [-0.4, -0.2) is 33.0 Å². The minimum atomic E-state index is -0.623. The highest BCUT2D eigenvalue weighted by Crippen LogP contribution is 2.25. The van der Waals surface area contributed by atoms with E-state index in [-0.39, 0.29) is 5.91 Å². The first-order chi connectivity index (χ1) is 10.1. The molecule has 108 valence electrons. The zero-order chi connectivity index (χ0) is 15.0. The highest BCUT2D eigenvalue weighted by molar-refractivity contribution is 5.98. The number of rotatable bonds is 2. The standard InChI is InChI=1S/C15H16N4O2/c1-9-12(7-17-18-9)15(21)19-8-11-5-3-2-4-10(11)6-13(19)14(16)20/h2-5,7,13H,6,8H2,1H3,(H2,16,20)(H,17,18)/t13-/m0/s1. The summed E-state index contributed by atoms with van der Waals surface area (Å²) in [6.45, 7) is 2.16. The maximum Gasteiger partial charge on any atom is 0.258 e. The minimum absolute atomic E-state index is 0.223. The zero-order valence-corrected chi connectivity index (χ0v) is 11.7. The number of fused-ring (bicyclic) bond motifs is 1. The van der Waals surface area contributed by atoms with Gasteiger partial charge in [0.05, 0.1) is 11.8 Å². The molecule has 0 saturated heterocycles. The number of benzene rings is 1. The minimum Gasteiger partial charge on any atom is -0.368 e. The Labute approximate surface area is 121 Å². The van der Waals surface area contributed by atoms with Crippen LogP contribution in [0.3, 0.4) is 0 Å². The number of amides is 2. The SMILES string of the molecule is Cc1[nH]ncc1C(=O)N1Cc2ccccc2C[C@H]1C(N)=O. The largest absolute Gasteiger partial charge is 0.368 e. The summed E-state index contributed by atoms with van der Waals surface area (Å²) in [6, 6.07) is 7.16. The molecule has 1 aliphatic heterocycles. The molecule has 1 aromatic heterocycles. The molecule has 0 fully saturated rings. The van der Waals surface area contributed by atoms with Gasteiger partial charge in [0.2, 0.25) is 5.91 Å². The first-order valence-electron chi connectivity index (χ1n) is 6.75. The van der Waals surface area contributed by atoms with Crippen molar-refractivity contribution in [2.24, 2.45) is 5.73 Å². The van der Waals surface area contributed by atoms with Crippen LogP contribution in [0.5, 0.6) is 0 Å². The van der Waals surface area contributed by atoms with E-state index in [2.05, 4.69) is 10.2 Å². The average molecular weight is 284 g/mol. The van der Waals surface area contributed by atoms with Crippen molar-refractivity contribution in [3.05, 3.63) is 52.8 Å². The van der Waals surface area contributed by atoms with E-state index in [9.17, 15) is 9.59 Å². The summed E-state index contributed by atoms with van der Waals surface area (Å²) in [5, 5.41) is 6.60. The van der Waals surface area contributed by atoms with Gasteiger partial charge in [0.15, 0.2) is 0 Å². The van der Waals surface area contributed by atoms with Crippen molar-refractivity contribution in [2.75, 3.05) is 0 Å². The molecule has 6 heteroatoms. The molecule has 0 aliphatic carbocycles. The number of primary amides is 1. The molecule has 1 aromatic carbocycles. The molecule has 2 heterocycles. The molecule has 1 atom stereocenters. The van der Waals surface area contributed by atoms with Crippen molar-refractivity contribution in [3.8, 4) is 0 Å². The molecule has 0 saturated carbocycles. The topological polar surface area (TPSA) is 92.1 Å². The lowest BCUT2D eigenvalue weighted by Gasteiger charge is -2.35. The van der Waals surface area contributed by atoms with Crippen LogP contribution in [0.15, 0.2) is 30.5 Å². The Balaban J connectivity index is 1.98. The van der Waals surface area contributed by atoms with E-state index in [0.717, 1.165) is 11.1 Å². The fourth-order valence-electron chi connectivity index (χ4n) is 2.71. The van der Waals surface area contributed by atoms with Crippen LogP contribution in [0.4, 0.5) is 0 Å². The molecule has 0 bridgehead atoms. The van der Waals surface area contributed by atoms with Gasteiger partial charge >= 0.3 is 0 Å². The Bertz CT molecular complexity index is 707. The van der Waals surface area contributed by atoms with Crippen molar-refractivity contribution < 1.29 is 9.59 Å². The number of hydrogen-bond acceptors (Lipinski definition) is 3. The van der Waals surface area contributed by atoms with Crippen LogP contribution in [0, 0.1) is 6.92 Å². The molecule has 6 nitrogen and oxygen atoms in total. The molecule has 3 rings (SSSR count). The number of aryl methyl sites for hydroxylation is 1. The van der Waals surface area contributed by atoms with Crippen molar-refractivity contribution in [2.45, 2.75) is 25.9 Å². The van der Waals surface area contributed by atoms with Gasteiger partial charge in [-0.05, 0) is 18.1 Å². The number of hydrogen-bond donors (Lipinski definition) is 2. The molecule has 1 aliphatic rings. The lowest BCUT2D eigenvalue weighted by atomic mass is 9.93. The van der Waals surface area contributed by atoms with Crippen LogP contribution in [0.25, 0.3) is 0 Å².